The second-order valence-electron chi connectivity index (χ2n) is 6.92. The Bertz CT molecular complexity index is 702. The van der Waals surface area contributed by atoms with E-state index in [1.54, 1.807) is 6.07 Å². The highest BCUT2D eigenvalue weighted by Crippen LogP contribution is 2.47. The molecule has 23 heavy (non-hydrogen) atoms. The molecule has 2 aliphatic carbocycles. The number of hydrogen-bond acceptors (Lipinski definition) is 3. The molecule has 0 saturated heterocycles. The topological polar surface area (TPSA) is 30.7 Å². The lowest BCUT2D eigenvalue weighted by molar-refractivity contribution is 0.155. The van der Waals surface area contributed by atoms with E-state index in [2.05, 4.69) is 28.6 Å². The Labute approximate surface area is 144 Å². The van der Waals surface area contributed by atoms with Crippen molar-refractivity contribution in [3.63, 3.8) is 0 Å². The van der Waals surface area contributed by atoms with E-state index in [1.807, 2.05) is 5.38 Å². The van der Waals surface area contributed by atoms with Crippen molar-refractivity contribution < 1.29 is 8.78 Å². The van der Waals surface area contributed by atoms with Gasteiger partial charge >= 0.3 is 0 Å². The average molecular weight is 360 g/mol. The molecule has 126 valence electrons. The smallest absolute Gasteiger partial charge is 0.272 e. The van der Waals surface area contributed by atoms with Gasteiger partial charge in [-0.15, -0.1) is 33.9 Å². The average Bonchev–Trinajstić information content (AvgIpc) is 3.40. The first-order chi connectivity index (χ1) is 10.5. The highest BCUT2D eigenvalue weighted by molar-refractivity contribution is 7.10. The van der Waals surface area contributed by atoms with Crippen molar-refractivity contribution in [2.45, 2.75) is 63.3 Å². The van der Waals surface area contributed by atoms with Gasteiger partial charge in [0.1, 0.15) is 11.6 Å². The molecule has 0 spiro atoms. The Kier molecular flexibility index (Phi) is 4.25. The fraction of sp³-hybridized carbons (Fsp3) is 0.625. The molecule has 0 aliphatic heterocycles. The summed E-state index contributed by atoms with van der Waals surface area (Å²) in [6.07, 6.45) is 2.33. The van der Waals surface area contributed by atoms with E-state index in [4.69, 9.17) is 0 Å². The summed E-state index contributed by atoms with van der Waals surface area (Å²) >= 11 is 1.13. The molecule has 3 nitrogen and oxygen atoms in total. The second-order valence-corrected chi connectivity index (χ2v) is 7.86. The normalized spacial score (nSPS) is 18.3. The van der Waals surface area contributed by atoms with Gasteiger partial charge in [0.15, 0.2) is 0 Å². The van der Waals surface area contributed by atoms with Crippen molar-refractivity contribution >= 4 is 23.7 Å². The molecule has 7 heteroatoms. The van der Waals surface area contributed by atoms with Crippen LogP contribution in [0.2, 0.25) is 0 Å². The first-order valence-electron chi connectivity index (χ1n) is 7.81. The minimum absolute atomic E-state index is 0. The third-order valence-corrected chi connectivity index (χ3v) is 5.63. The Balaban J connectivity index is 0.00000156. The molecule has 0 atom stereocenters. The lowest BCUT2D eigenvalue weighted by atomic mass is 9.85. The van der Waals surface area contributed by atoms with Crippen LogP contribution in [0.1, 0.15) is 80.0 Å². The number of thiophene rings is 1. The van der Waals surface area contributed by atoms with Gasteiger partial charge in [-0.25, -0.2) is 8.78 Å². The molecule has 0 amide bonds. The monoisotopic (exact) mass is 359 g/mol. The maximum absolute atomic E-state index is 12.9. The summed E-state index contributed by atoms with van der Waals surface area (Å²) in [4.78, 5) is 0.128. The van der Waals surface area contributed by atoms with Crippen LogP contribution in [0, 0.1) is 0 Å². The van der Waals surface area contributed by atoms with Gasteiger partial charge in [-0.3, -0.25) is 0 Å². The molecule has 2 saturated carbocycles. The molecule has 0 aromatic carbocycles. The fourth-order valence-corrected chi connectivity index (χ4v) is 3.89. The molecule has 2 heterocycles. The molecule has 4 rings (SSSR count). The largest absolute Gasteiger partial charge is 0.311 e. The maximum atomic E-state index is 12.9. The van der Waals surface area contributed by atoms with Gasteiger partial charge in [0.2, 0.25) is 0 Å². The number of nitrogens with zero attached hydrogens (tertiary/aromatic N) is 3. The van der Waals surface area contributed by atoms with Crippen molar-refractivity contribution in [3.05, 3.63) is 33.5 Å². The molecule has 0 unspecified atom stereocenters. The van der Waals surface area contributed by atoms with Gasteiger partial charge in [0.25, 0.3) is 6.43 Å². The van der Waals surface area contributed by atoms with Crippen LogP contribution in [0.3, 0.4) is 0 Å². The summed E-state index contributed by atoms with van der Waals surface area (Å²) in [5, 5.41) is 10.7. The number of aromatic nitrogens is 3. The third-order valence-electron chi connectivity index (χ3n) is 4.69. The molecule has 2 aliphatic rings. The van der Waals surface area contributed by atoms with Gasteiger partial charge in [0, 0.05) is 12.0 Å². The molecule has 0 bridgehead atoms. The third kappa shape index (κ3) is 2.91. The lowest BCUT2D eigenvalue weighted by Gasteiger charge is -2.24. The lowest BCUT2D eigenvalue weighted by Crippen LogP contribution is -2.24. The Hall–Kier alpha value is -1.01. The van der Waals surface area contributed by atoms with E-state index >= 15 is 0 Å². The SMILES string of the molecule is CC(C)(c1csc(C(F)F)c1)c1nnc(C2CC2)n1C1CC1.Cl. The first kappa shape index (κ1) is 16.8. The van der Waals surface area contributed by atoms with Crippen LogP contribution in [0.4, 0.5) is 8.78 Å². The predicted octanol–water partition coefficient (Wildman–Crippen LogP) is 5.24. The first-order valence-corrected chi connectivity index (χ1v) is 8.68. The number of hydrogen-bond donors (Lipinski definition) is 0. The zero-order valence-electron chi connectivity index (χ0n) is 13.1. The van der Waals surface area contributed by atoms with E-state index in [0.29, 0.717) is 12.0 Å². The number of halogens is 3. The minimum atomic E-state index is -2.40. The van der Waals surface area contributed by atoms with Gasteiger partial charge in [-0.1, -0.05) is 0 Å². The van der Waals surface area contributed by atoms with Crippen LogP contribution in [-0.4, -0.2) is 14.8 Å². The highest BCUT2D eigenvalue weighted by Gasteiger charge is 2.40. The van der Waals surface area contributed by atoms with E-state index < -0.39 is 11.8 Å². The highest BCUT2D eigenvalue weighted by atomic mass is 35.5. The molecular weight excluding hydrogens is 340 g/mol. The summed E-state index contributed by atoms with van der Waals surface area (Å²) in [6, 6.07) is 2.13. The van der Waals surface area contributed by atoms with Crippen LogP contribution in [0.25, 0.3) is 0 Å². The zero-order valence-corrected chi connectivity index (χ0v) is 14.8. The summed E-state index contributed by atoms with van der Waals surface area (Å²) in [7, 11) is 0. The summed E-state index contributed by atoms with van der Waals surface area (Å²) in [5.74, 6) is 2.59. The predicted molar refractivity (Wildman–Crippen MR) is 88.9 cm³/mol. The maximum Gasteiger partial charge on any atom is 0.272 e. The van der Waals surface area contributed by atoms with E-state index in [-0.39, 0.29) is 17.3 Å². The molecule has 2 fully saturated rings. The van der Waals surface area contributed by atoms with E-state index in [1.165, 1.54) is 25.7 Å². The van der Waals surface area contributed by atoms with Crippen molar-refractivity contribution in [2.75, 3.05) is 0 Å². The zero-order chi connectivity index (χ0) is 15.5. The quantitative estimate of drug-likeness (QED) is 0.731. The van der Waals surface area contributed by atoms with Gasteiger partial charge < -0.3 is 4.57 Å². The minimum Gasteiger partial charge on any atom is -0.311 e. The molecular formula is C16H20ClF2N3S. The van der Waals surface area contributed by atoms with E-state index in [9.17, 15) is 8.78 Å². The van der Waals surface area contributed by atoms with Crippen molar-refractivity contribution in [3.8, 4) is 0 Å². The standard InChI is InChI=1S/C16H19F2N3S.ClH/c1-16(2,10-7-12(13(17)18)22-8-10)15-20-19-14(9-3-4-9)21(15)11-5-6-11;/h7-9,11,13H,3-6H2,1-2H3;1H. The van der Waals surface area contributed by atoms with Crippen molar-refractivity contribution in [2.24, 2.45) is 0 Å². The molecule has 2 aromatic rings. The van der Waals surface area contributed by atoms with Gasteiger partial charge in [-0.05, 0) is 56.5 Å². The van der Waals surface area contributed by atoms with E-state index in [0.717, 1.165) is 28.5 Å². The van der Waals surface area contributed by atoms with Gasteiger partial charge in [-0.2, -0.15) is 0 Å². The second kappa shape index (κ2) is 5.81. The fourth-order valence-electron chi connectivity index (χ4n) is 2.97. The van der Waals surface area contributed by atoms with Crippen LogP contribution < -0.4 is 0 Å². The summed E-state index contributed by atoms with van der Waals surface area (Å²) in [5.41, 5.74) is 0.510. The molecule has 2 aromatic heterocycles. The summed E-state index contributed by atoms with van der Waals surface area (Å²) < 4.78 is 28.1. The Morgan fingerprint density at radius 1 is 1.22 bits per heavy atom. The molecule has 0 N–H and O–H groups in total. The Morgan fingerprint density at radius 2 is 1.91 bits per heavy atom. The van der Waals surface area contributed by atoms with Gasteiger partial charge in [0.05, 0.1) is 10.3 Å². The van der Waals surface area contributed by atoms with Crippen molar-refractivity contribution in [1.29, 1.82) is 0 Å². The van der Waals surface area contributed by atoms with Crippen molar-refractivity contribution in [1.82, 2.24) is 14.8 Å². The Morgan fingerprint density at radius 3 is 2.43 bits per heavy atom. The van der Waals surface area contributed by atoms with Crippen LogP contribution in [0.5, 0.6) is 0 Å². The van der Waals surface area contributed by atoms with Crippen LogP contribution in [0.15, 0.2) is 11.4 Å². The van der Waals surface area contributed by atoms with Crippen LogP contribution >= 0.6 is 23.7 Å². The summed E-state index contributed by atoms with van der Waals surface area (Å²) in [6.45, 7) is 4.12. The number of alkyl halides is 2. The molecule has 0 radical (unpaired) electrons. The van der Waals surface area contributed by atoms with Crippen LogP contribution in [-0.2, 0) is 5.41 Å². The number of rotatable bonds is 5.